The molecule has 10 rings (SSSR count). The Kier molecular flexibility index (Phi) is 5.66. The fourth-order valence-corrected chi connectivity index (χ4v) is 8.63. The first-order valence-corrected chi connectivity index (χ1v) is 16.9. The van der Waals surface area contributed by atoms with E-state index in [9.17, 15) is 0 Å². The number of hydrogen-bond donors (Lipinski definition) is 0. The molecule has 0 fully saturated rings. The molecule has 2 aliphatic rings. The maximum atomic E-state index is 2.62. The maximum absolute atomic E-state index is 2.62. The molecule has 5 aromatic carbocycles. The lowest BCUT2D eigenvalue weighted by Crippen LogP contribution is -2.18. The minimum atomic E-state index is 0.351. The quantitative estimate of drug-likeness (QED) is 0.190. The molecule has 3 aromatic heterocycles. The number of allylic oxidation sites excluding steroid dienone is 2. The van der Waals surface area contributed by atoms with Crippen molar-refractivity contribution in [1.29, 1.82) is 0 Å². The highest BCUT2D eigenvalue weighted by Gasteiger charge is 2.31. The van der Waals surface area contributed by atoms with Crippen molar-refractivity contribution in [3.8, 4) is 11.4 Å². The summed E-state index contributed by atoms with van der Waals surface area (Å²) in [5, 5.41) is 5.22. The fraction of sp³-hybridized carbons (Fsp3) is 0.136. The minimum Gasteiger partial charge on any atom is -0.316 e. The second-order valence-corrected chi connectivity index (χ2v) is 13.5. The molecule has 0 saturated heterocycles. The van der Waals surface area contributed by atoms with Gasteiger partial charge >= 0.3 is 0 Å². The fourth-order valence-electron chi connectivity index (χ4n) is 8.63. The summed E-state index contributed by atoms with van der Waals surface area (Å²) >= 11 is 0. The highest BCUT2D eigenvalue weighted by Crippen LogP contribution is 2.45. The normalized spacial score (nSPS) is 17.4. The summed E-state index contributed by atoms with van der Waals surface area (Å²) in [6.45, 7) is 4.80. The summed E-state index contributed by atoms with van der Waals surface area (Å²) < 4.78 is 7.57. The van der Waals surface area contributed by atoms with Crippen molar-refractivity contribution in [2.45, 2.75) is 32.6 Å². The van der Waals surface area contributed by atoms with E-state index in [4.69, 9.17) is 0 Å². The number of hydrogen-bond acceptors (Lipinski definition) is 0. The first-order chi connectivity index (χ1) is 23.2. The Balaban J connectivity index is 1.28. The SMILES string of the molecule is CC1Cc2c(c3cc(-n4c5ccccc5c5ccccc54)ccc3n2-c2ccccc2)C=C1n1c2c(c3ccccc31)C=CCC2C. The van der Waals surface area contributed by atoms with Crippen LogP contribution in [0.15, 0.2) is 127 Å². The molecular formula is C44H35N3. The lowest BCUT2D eigenvalue weighted by atomic mass is 9.89. The molecule has 8 aromatic rings. The van der Waals surface area contributed by atoms with Crippen LogP contribution in [0, 0.1) is 5.92 Å². The van der Waals surface area contributed by atoms with Crippen molar-refractivity contribution < 1.29 is 0 Å². The Morgan fingerprint density at radius 3 is 1.85 bits per heavy atom. The number of nitrogens with zero attached hydrogens (tertiary/aromatic N) is 3. The van der Waals surface area contributed by atoms with Gasteiger partial charge in [-0.3, -0.25) is 0 Å². The van der Waals surface area contributed by atoms with E-state index in [0.29, 0.717) is 11.8 Å². The molecule has 0 aliphatic heterocycles. The van der Waals surface area contributed by atoms with Gasteiger partial charge in [-0.15, -0.1) is 0 Å². The highest BCUT2D eigenvalue weighted by atomic mass is 15.0. The van der Waals surface area contributed by atoms with Gasteiger partial charge < -0.3 is 13.7 Å². The number of rotatable bonds is 3. The summed E-state index contributed by atoms with van der Waals surface area (Å²) in [4.78, 5) is 0. The van der Waals surface area contributed by atoms with E-state index in [1.54, 1.807) is 0 Å². The molecular weight excluding hydrogens is 571 g/mol. The van der Waals surface area contributed by atoms with Crippen LogP contribution in [-0.4, -0.2) is 13.7 Å². The van der Waals surface area contributed by atoms with Crippen LogP contribution in [0.25, 0.3) is 72.8 Å². The van der Waals surface area contributed by atoms with Crippen LogP contribution < -0.4 is 0 Å². The summed E-state index contributed by atoms with van der Waals surface area (Å²) in [5.41, 5.74) is 14.4. The van der Waals surface area contributed by atoms with E-state index in [1.807, 2.05) is 0 Å². The molecule has 2 aliphatic carbocycles. The van der Waals surface area contributed by atoms with Crippen LogP contribution in [0.4, 0.5) is 0 Å². The molecule has 226 valence electrons. The van der Waals surface area contributed by atoms with E-state index in [0.717, 1.165) is 12.8 Å². The monoisotopic (exact) mass is 605 g/mol. The van der Waals surface area contributed by atoms with E-state index in [-0.39, 0.29) is 0 Å². The van der Waals surface area contributed by atoms with Gasteiger partial charge in [0.1, 0.15) is 0 Å². The summed E-state index contributed by atoms with van der Waals surface area (Å²) in [5.74, 6) is 0.813. The smallest absolute Gasteiger partial charge is 0.0541 e. The van der Waals surface area contributed by atoms with Crippen LogP contribution in [0.5, 0.6) is 0 Å². The lowest BCUT2D eigenvalue weighted by Gasteiger charge is -2.28. The van der Waals surface area contributed by atoms with Gasteiger partial charge in [0, 0.05) is 73.0 Å². The van der Waals surface area contributed by atoms with Gasteiger partial charge in [0.15, 0.2) is 0 Å². The average molecular weight is 606 g/mol. The third kappa shape index (κ3) is 3.74. The predicted octanol–water partition coefficient (Wildman–Crippen LogP) is 11.4. The van der Waals surface area contributed by atoms with Gasteiger partial charge in [0.25, 0.3) is 0 Å². The molecule has 0 spiro atoms. The molecule has 0 amide bonds. The zero-order valence-corrected chi connectivity index (χ0v) is 26.7. The Hall–Kier alpha value is -5.54. The standard InChI is InChI=1S/C44H35N3/c1-28-13-12-19-35-34-18-8-11-22-40(34)47(44(28)35)42-27-37-36-26-31(46-38-20-9-6-16-32(38)33-17-7-10-21-39(33)46)23-24-41(36)45(43(37)25-29(42)2)30-14-4-3-5-15-30/h3-12,14-24,26-29H,13,25H2,1-2H3. The average Bonchev–Trinajstić information content (AvgIpc) is 3.74. The number of aromatic nitrogens is 3. The third-order valence-electron chi connectivity index (χ3n) is 10.7. The molecule has 0 radical (unpaired) electrons. The minimum absolute atomic E-state index is 0.351. The van der Waals surface area contributed by atoms with Gasteiger partial charge in [0.2, 0.25) is 0 Å². The van der Waals surface area contributed by atoms with Gasteiger partial charge in [0.05, 0.1) is 22.1 Å². The van der Waals surface area contributed by atoms with Crippen LogP contribution in [-0.2, 0) is 6.42 Å². The van der Waals surface area contributed by atoms with Crippen molar-refractivity contribution in [2.24, 2.45) is 5.92 Å². The molecule has 0 bridgehead atoms. The number of para-hydroxylation sites is 4. The summed E-state index contributed by atoms with van der Waals surface area (Å²) in [6, 6.07) is 44.6. The molecule has 3 heterocycles. The molecule has 2 atom stereocenters. The van der Waals surface area contributed by atoms with Gasteiger partial charge in [-0.1, -0.05) is 98.8 Å². The summed E-state index contributed by atoms with van der Waals surface area (Å²) in [6.07, 6.45) is 9.28. The number of benzene rings is 5. The Bertz CT molecular complexity index is 2550. The molecule has 47 heavy (non-hydrogen) atoms. The second-order valence-electron chi connectivity index (χ2n) is 13.5. The third-order valence-corrected chi connectivity index (χ3v) is 10.7. The first-order valence-electron chi connectivity index (χ1n) is 16.9. The van der Waals surface area contributed by atoms with Gasteiger partial charge in [-0.2, -0.15) is 0 Å². The topological polar surface area (TPSA) is 14.8 Å². The van der Waals surface area contributed by atoms with E-state index in [1.165, 1.54) is 83.2 Å². The van der Waals surface area contributed by atoms with Crippen LogP contribution in [0.2, 0.25) is 0 Å². The molecule has 0 saturated carbocycles. The maximum Gasteiger partial charge on any atom is 0.0541 e. The zero-order valence-electron chi connectivity index (χ0n) is 26.7. The Morgan fingerprint density at radius 1 is 0.511 bits per heavy atom. The zero-order chi connectivity index (χ0) is 31.2. The van der Waals surface area contributed by atoms with Crippen LogP contribution in [0.3, 0.4) is 0 Å². The van der Waals surface area contributed by atoms with Gasteiger partial charge in [-0.25, -0.2) is 0 Å². The van der Waals surface area contributed by atoms with Crippen molar-refractivity contribution in [3.05, 3.63) is 150 Å². The van der Waals surface area contributed by atoms with Crippen molar-refractivity contribution in [3.63, 3.8) is 0 Å². The second kappa shape index (κ2) is 9.98. The summed E-state index contributed by atoms with van der Waals surface area (Å²) in [7, 11) is 0. The highest BCUT2D eigenvalue weighted by molar-refractivity contribution is 6.10. The lowest BCUT2D eigenvalue weighted by molar-refractivity contribution is 0.655. The molecule has 0 N–H and O–H groups in total. The Labute approximate surface area is 274 Å². The van der Waals surface area contributed by atoms with E-state index >= 15 is 0 Å². The van der Waals surface area contributed by atoms with Crippen LogP contribution >= 0.6 is 0 Å². The number of fused-ring (bicyclic) bond motifs is 9. The molecule has 3 heteroatoms. The molecule has 2 unspecified atom stereocenters. The van der Waals surface area contributed by atoms with Crippen molar-refractivity contribution in [2.75, 3.05) is 0 Å². The largest absolute Gasteiger partial charge is 0.316 e. The Morgan fingerprint density at radius 2 is 1.13 bits per heavy atom. The van der Waals surface area contributed by atoms with E-state index in [2.05, 4.69) is 167 Å². The van der Waals surface area contributed by atoms with Crippen molar-refractivity contribution in [1.82, 2.24) is 13.7 Å². The van der Waals surface area contributed by atoms with Crippen LogP contribution in [0.1, 0.15) is 48.7 Å². The first kappa shape index (κ1) is 26.7. The van der Waals surface area contributed by atoms with E-state index < -0.39 is 0 Å². The van der Waals surface area contributed by atoms with Gasteiger partial charge in [-0.05, 0) is 67.4 Å². The molecule has 3 nitrogen and oxygen atoms in total. The predicted molar refractivity (Wildman–Crippen MR) is 199 cm³/mol. The van der Waals surface area contributed by atoms with Crippen molar-refractivity contribution >= 4 is 61.5 Å².